The second-order valence-corrected chi connectivity index (χ2v) is 5.59. The van der Waals surface area contributed by atoms with Crippen molar-refractivity contribution in [3.63, 3.8) is 0 Å². The molecule has 0 saturated carbocycles. The molecular weight excluding hydrogens is 271 g/mol. The van der Waals surface area contributed by atoms with Crippen LogP contribution in [0.3, 0.4) is 0 Å². The molecule has 2 rings (SSSR count). The number of halogens is 1. The number of rotatable bonds is 5. The highest BCUT2D eigenvalue weighted by Gasteiger charge is 2.29. The number of ether oxygens (including phenoxy) is 1. The van der Waals surface area contributed by atoms with Crippen LogP contribution in [0.2, 0.25) is 0 Å². The van der Waals surface area contributed by atoms with Gasteiger partial charge in [0.1, 0.15) is 6.61 Å². The van der Waals surface area contributed by atoms with Gasteiger partial charge in [0.05, 0.1) is 12.6 Å². The van der Waals surface area contributed by atoms with Gasteiger partial charge < -0.3 is 15.0 Å². The largest absolute Gasteiger partial charge is 0.489 e. The Kier molecular flexibility index (Phi) is 5.56. The number of benzene rings is 1. The monoisotopic (exact) mass is 294 g/mol. The van der Waals surface area contributed by atoms with E-state index in [0.717, 1.165) is 19.4 Å². The van der Waals surface area contributed by atoms with Gasteiger partial charge >= 0.3 is 0 Å². The summed E-state index contributed by atoms with van der Waals surface area (Å²) in [5.74, 6) is 0.275. The van der Waals surface area contributed by atoms with E-state index in [1.54, 1.807) is 30.1 Å². The number of piperidine rings is 1. The molecule has 5 heteroatoms. The van der Waals surface area contributed by atoms with Crippen LogP contribution in [0.15, 0.2) is 24.3 Å². The molecule has 1 aliphatic rings. The molecular formula is C16H23FN2O2. The van der Waals surface area contributed by atoms with Gasteiger partial charge in [0.15, 0.2) is 11.6 Å². The summed E-state index contributed by atoms with van der Waals surface area (Å²) in [4.78, 5) is 14.0. The number of carbonyl (C=O) groups is 1. The van der Waals surface area contributed by atoms with E-state index >= 15 is 0 Å². The van der Waals surface area contributed by atoms with Gasteiger partial charge in [0.2, 0.25) is 5.91 Å². The van der Waals surface area contributed by atoms with Crippen LogP contribution in [0.25, 0.3) is 0 Å². The van der Waals surface area contributed by atoms with Crippen molar-refractivity contribution in [2.75, 3.05) is 26.7 Å². The average Bonchev–Trinajstić information content (AvgIpc) is 2.49. The van der Waals surface area contributed by atoms with Crippen molar-refractivity contribution in [2.45, 2.75) is 25.8 Å². The van der Waals surface area contributed by atoms with E-state index in [1.165, 1.54) is 6.07 Å². The number of hydrogen-bond acceptors (Lipinski definition) is 3. The van der Waals surface area contributed by atoms with Crippen molar-refractivity contribution < 1.29 is 13.9 Å². The van der Waals surface area contributed by atoms with Crippen LogP contribution in [-0.2, 0) is 4.79 Å². The van der Waals surface area contributed by atoms with Gasteiger partial charge in [-0.05, 0) is 37.4 Å². The number of nitrogens with zero attached hydrogens (tertiary/aromatic N) is 1. The number of likely N-dealkylation sites (N-methyl/N-ethyl adjacent to an activating group) is 1. The molecule has 1 aromatic carbocycles. The highest BCUT2D eigenvalue weighted by molar-refractivity contribution is 5.82. The van der Waals surface area contributed by atoms with E-state index in [1.807, 2.05) is 0 Å². The summed E-state index contributed by atoms with van der Waals surface area (Å²) < 4.78 is 18.8. The van der Waals surface area contributed by atoms with Crippen LogP contribution in [0, 0.1) is 11.7 Å². The number of amides is 1. The number of carbonyl (C=O) groups excluding carboxylic acids is 1. The summed E-state index contributed by atoms with van der Waals surface area (Å²) in [7, 11) is 1.76. The Bertz CT molecular complexity index is 481. The minimum absolute atomic E-state index is 0.0827. The molecule has 0 aromatic heterocycles. The van der Waals surface area contributed by atoms with E-state index in [9.17, 15) is 9.18 Å². The van der Waals surface area contributed by atoms with Gasteiger partial charge in [-0.1, -0.05) is 19.1 Å². The fourth-order valence-corrected chi connectivity index (χ4v) is 2.58. The van der Waals surface area contributed by atoms with Crippen LogP contribution in [-0.4, -0.2) is 43.6 Å². The molecule has 2 unspecified atom stereocenters. The summed E-state index contributed by atoms with van der Waals surface area (Å²) in [5.41, 5.74) is 0. The van der Waals surface area contributed by atoms with Crippen LogP contribution in [0.4, 0.5) is 4.39 Å². The van der Waals surface area contributed by atoms with Crippen molar-refractivity contribution in [3.8, 4) is 5.75 Å². The fraction of sp³-hybridized carbons (Fsp3) is 0.562. The van der Waals surface area contributed by atoms with Crippen molar-refractivity contribution in [2.24, 2.45) is 5.92 Å². The van der Waals surface area contributed by atoms with Crippen LogP contribution in [0.5, 0.6) is 5.75 Å². The summed E-state index contributed by atoms with van der Waals surface area (Å²) in [6, 6.07) is 6.17. The highest BCUT2D eigenvalue weighted by Crippen LogP contribution is 2.17. The Labute approximate surface area is 125 Å². The molecule has 1 heterocycles. The minimum Gasteiger partial charge on any atom is -0.489 e. The Morgan fingerprint density at radius 1 is 1.48 bits per heavy atom. The lowest BCUT2D eigenvalue weighted by Crippen LogP contribution is -2.51. The molecule has 1 N–H and O–H groups in total. The third-order valence-corrected chi connectivity index (χ3v) is 3.93. The van der Waals surface area contributed by atoms with E-state index in [2.05, 4.69) is 12.2 Å². The molecule has 4 nitrogen and oxygen atoms in total. The maximum absolute atomic E-state index is 13.4. The Hall–Kier alpha value is -1.62. The first-order valence-electron chi connectivity index (χ1n) is 7.45. The van der Waals surface area contributed by atoms with Gasteiger partial charge in [0, 0.05) is 7.05 Å². The van der Waals surface area contributed by atoms with Crippen molar-refractivity contribution in [1.29, 1.82) is 0 Å². The van der Waals surface area contributed by atoms with Crippen molar-refractivity contribution in [1.82, 2.24) is 10.2 Å². The second-order valence-electron chi connectivity index (χ2n) is 5.59. The molecule has 21 heavy (non-hydrogen) atoms. The molecule has 1 fully saturated rings. The Morgan fingerprint density at radius 2 is 2.24 bits per heavy atom. The standard InChI is InChI=1S/C16H23FN2O2/c1-12-6-5-9-18-15(12)16(20)19(2)10-11-21-14-8-4-3-7-13(14)17/h3-4,7-8,12,15,18H,5-6,9-11H2,1-2H3. The molecule has 0 spiro atoms. The predicted octanol–water partition coefficient (Wildman–Crippen LogP) is 2.05. The Balaban J connectivity index is 1.80. The predicted molar refractivity (Wildman–Crippen MR) is 79.7 cm³/mol. The summed E-state index contributed by atoms with van der Waals surface area (Å²) in [5, 5.41) is 3.27. The van der Waals surface area contributed by atoms with Crippen LogP contribution >= 0.6 is 0 Å². The summed E-state index contributed by atoms with van der Waals surface area (Å²) in [6.45, 7) is 3.71. The van der Waals surface area contributed by atoms with E-state index < -0.39 is 0 Å². The van der Waals surface area contributed by atoms with Gasteiger partial charge in [-0.3, -0.25) is 4.79 Å². The summed E-state index contributed by atoms with van der Waals surface area (Å²) >= 11 is 0. The quantitative estimate of drug-likeness (QED) is 0.903. The van der Waals surface area contributed by atoms with Crippen molar-refractivity contribution >= 4 is 5.91 Å². The summed E-state index contributed by atoms with van der Waals surface area (Å²) in [6.07, 6.45) is 2.19. The molecule has 1 saturated heterocycles. The highest BCUT2D eigenvalue weighted by atomic mass is 19.1. The van der Waals surface area contributed by atoms with Gasteiger partial charge in [0.25, 0.3) is 0 Å². The van der Waals surface area contributed by atoms with Gasteiger partial charge in [-0.2, -0.15) is 0 Å². The topological polar surface area (TPSA) is 41.6 Å². The smallest absolute Gasteiger partial charge is 0.239 e. The third kappa shape index (κ3) is 4.17. The molecule has 0 aliphatic carbocycles. The first kappa shape index (κ1) is 15.8. The molecule has 1 aliphatic heterocycles. The first-order chi connectivity index (χ1) is 10.1. The fourth-order valence-electron chi connectivity index (χ4n) is 2.58. The van der Waals surface area contributed by atoms with Gasteiger partial charge in [-0.15, -0.1) is 0 Å². The molecule has 1 aromatic rings. The molecule has 0 radical (unpaired) electrons. The number of nitrogens with one attached hydrogen (secondary N) is 1. The zero-order chi connectivity index (χ0) is 15.2. The number of para-hydroxylation sites is 1. The molecule has 116 valence electrons. The van der Waals surface area contributed by atoms with Gasteiger partial charge in [-0.25, -0.2) is 4.39 Å². The molecule has 1 amide bonds. The third-order valence-electron chi connectivity index (χ3n) is 3.93. The lowest BCUT2D eigenvalue weighted by Gasteiger charge is -2.32. The molecule has 0 bridgehead atoms. The van der Waals surface area contributed by atoms with E-state index in [0.29, 0.717) is 12.5 Å². The maximum atomic E-state index is 13.4. The zero-order valence-electron chi connectivity index (χ0n) is 12.6. The van der Waals surface area contributed by atoms with Crippen LogP contribution < -0.4 is 10.1 Å². The lowest BCUT2D eigenvalue weighted by molar-refractivity contribution is -0.134. The number of hydrogen-bond donors (Lipinski definition) is 1. The lowest BCUT2D eigenvalue weighted by atomic mass is 9.92. The van der Waals surface area contributed by atoms with E-state index in [-0.39, 0.29) is 30.1 Å². The maximum Gasteiger partial charge on any atom is 0.239 e. The normalized spacial score (nSPS) is 21.9. The SMILES string of the molecule is CC1CCCNC1C(=O)N(C)CCOc1ccccc1F. The van der Waals surface area contributed by atoms with E-state index in [4.69, 9.17) is 4.74 Å². The average molecular weight is 294 g/mol. The Morgan fingerprint density at radius 3 is 2.95 bits per heavy atom. The second kappa shape index (κ2) is 7.41. The zero-order valence-corrected chi connectivity index (χ0v) is 12.6. The van der Waals surface area contributed by atoms with Crippen LogP contribution in [0.1, 0.15) is 19.8 Å². The van der Waals surface area contributed by atoms with Crippen molar-refractivity contribution in [3.05, 3.63) is 30.1 Å². The molecule has 2 atom stereocenters. The minimum atomic E-state index is -0.381. The first-order valence-corrected chi connectivity index (χ1v) is 7.45.